The molecule has 1 fully saturated rings. The molecule has 0 aliphatic carbocycles. The number of fused-ring (bicyclic) bond motifs is 1. The number of carbonyl (C=O) groups is 1. The van der Waals surface area contributed by atoms with E-state index in [1.165, 1.54) is 6.33 Å². The Balaban J connectivity index is 1.54. The van der Waals surface area contributed by atoms with Crippen LogP contribution in [0.15, 0.2) is 43.0 Å². The monoisotopic (exact) mass is 553 g/mol. The molecular weight excluding hydrogens is 517 g/mol. The Hall–Kier alpha value is -3.00. The van der Waals surface area contributed by atoms with E-state index in [-0.39, 0.29) is 43.0 Å². The van der Waals surface area contributed by atoms with Gasteiger partial charge in [-0.05, 0) is 46.2 Å². The molecule has 0 bridgehead atoms. The second kappa shape index (κ2) is 13.4. The van der Waals surface area contributed by atoms with E-state index < -0.39 is 8.53 Å². The maximum Gasteiger partial charge on any atom is 0.259 e. The summed E-state index contributed by atoms with van der Waals surface area (Å²) >= 11 is 0. The van der Waals surface area contributed by atoms with Gasteiger partial charge in [0.2, 0.25) is 6.54 Å². The number of benzene rings is 1. The minimum atomic E-state index is -1.39. The predicted octanol–water partition coefficient (Wildman–Crippen LogP) is 5.44. The first-order valence-corrected chi connectivity index (χ1v) is 14.4. The molecule has 1 amide bonds. The lowest BCUT2D eigenvalue weighted by Gasteiger charge is -2.37. The van der Waals surface area contributed by atoms with Crippen LogP contribution in [0.4, 0.5) is 5.82 Å². The number of amides is 1. The molecular formula is C27H36N7O4P. The van der Waals surface area contributed by atoms with Gasteiger partial charge >= 0.3 is 0 Å². The number of aromatic nitrogens is 4. The first-order chi connectivity index (χ1) is 18.8. The van der Waals surface area contributed by atoms with Crippen molar-refractivity contribution in [3.63, 3.8) is 0 Å². The molecule has 1 saturated heterocycles. The molecule has 1 N–H and O–H groups in total. The fourth-order valence-electron chi connectivity index (χ4n) is 4.67. The molecule has 11 nitrogen and oxygen atoms in total. The van der Waals surface area contributed by atoms with Crippen molar-refractivity contribution in [1.82, 2.24) is 24.2 Å². The molecule has 4 unspecified atom stereocenters. The summed E-state index contributed by atoms with van der Waals surface area (Å²) in [5.41, 5.74) is 1.58. The van der Waals surface area contributed by atoms with E-state index in [0.29, 0.717) is 35.6 Å². The van der Waals surface area contributed by atoms with Crippen molar-refractivity contribution in [2.75, 3.05) is 18.5 Å². The van der Waals surface area contributed by atoms with Crippen molar-refractivity contribution in [2.45, 2.75) is 78.0 Å². The molecule has 0 saturated carbocycles. The van der Waals surface area contributed by atoms with E-state index in [1.807, 2.05) is 22.8 Å². The molecule has 208 valence electrons. The fourth-order valence-corrected chi connectivity index (χ4v) is 6.42. The Bertz CT molecular complexity index is 1270. The SMILES string of the molecule is [C-]#[N+]CCOP(OC1CC(n2cnc3c(NC(=O)c4ccccc4)ncnc32)OC1CC)N(C(C)C)C(C)C. The number of hydrogen-bond donors (Lipinski definition) is 1. The normalized spacial score (nSPS) is 20.1. The molecule has 3 heterocycles. The van der Waals surface area contributed by atoms with Crippen LogP contribution >= 0.6 is 8.53 Å². The quantitative estimate of drug-likeness (QED) is 0.179. The van der Waals surface area contributed by atoms with E-state index in [9.17, 15) is 4.79 Å². The summed E-state index contributed by atoms with van der Waals surface area (Å²) in [5.74, 6) is 0.0693. The number of hydrogen-bond acceptors (Lipinski definition) is 8. The van der Waals surface area contributed by atoms with Gasteiger partial charge in [-0.25, -0.2) is 26.2 Å². The lowest BCUT2D eigenvalue weighted by molar-refractivity contribution is -0.0165. The summed E-state index contributed by atoms with van der Waals surface area (Å²) < 4.78 is 23.3. The van der Waals surface area contributed by atoms with E-state index >= 15 is 0 Å². The lowest BCUT2D eigenvalue weighted by atomic mass is 10.1. The van der Waals surface area contributed by atoms with Crippen LogP contribution in [-0.2, 0) is 13.8 Å². The van der Waals surface area contributed by atoms with E-state index in [2.05, 4.69) is 64.4 Å². The van der Waals surface area contributed by atoms with Gasteiger partial charge in [0, 0.05) is 24.1 Å². The van der Waals surface area contributed by atoms with Gasteiger partial charge in [-0.15, -0.1) is 0 Å². The predicted molar refractivity (Wildman–Crippen MR) is 150 cm³/mol. The molecule has 4 rings (SSSR count). The van der Waals surface area contributed by atoms with Gasteiger partial charge in [0.1, 0.15) is 19.2 Å². The average Bonchev–Trinajstić information content (AvgIpc) is 3.53. The summed E-state index contributed by atoms with van der Waals surface area (Å²) in [6.45, 7) is 18.3. The minimum absolute atomic E-state index is 0.151. The van der Waals surface area contributed by atoms with Gasteiger partial charge in [0.05, 0.1) is 18.5 Å². The Kier molecular flexibility index (Phi) is 9.94. The number of nitrogens with one attached hydrogen (secondary N) is 1. The fraction of sp³-hybridized carbons (Fsp3) is 0.519. The zero-order chi connectivity index (χ0) is 27.9. The Morgan fingerprint density at radius 3 is 2.64 bits per heavy atom. The molecule has 4 atom stereocenters. The largest absolute Gasteiger partial charge is 0.352 e. The minimum Gasteiger partial charge on any atom is -0.352 e. The standard InChI is InChI=1S/C27H36N7O4P/c1-7-21-22(38-39(36-14-13-28-6)34(18(2)3)19(4)5)15-23(37-21)33-17-31-24-25(29-16-30-26(24)33)32-27(35)20-11-9-8-10-12-20/h8-12,16-19,21-23H,7,13-15H2,1-5H3,(H,29,30,32,35). The molecule has 12 heteroatoms. The maximum absolute atomic E-state index is 12.7. The third-order valence-corrected chi connectivity index (χ3v) is 8.55. The Morgan fingerprint density at radius 1 is 1.23 bits per heavy atom. The van der Waals surface area contributed by atoms with Crippen LogP contribution in [0.2, 0.25) is 0 Å². The Morgan fingerprint density at radius 2 is 1.97 bits per heavy atom. The third-order valence-electron chi connectivity index (χ3n) is 6.40. The van der Waals surface area contributed by atoms with Crippen LogP contribution in [0.1, 0.15) is 64.0 Å². The van der Waals surface area contributed by atoms with Crippen LogP contribution < -0.4 is 5.32 Å². The second-order valence-electron chi connectivity index (χ2n) is 9.80. The molecule has 1 aliphatic rings. The number of ether oxygens (including phenoxy) is 1. The van der Waals surface area contributed by atoms with Crippen LogP contribution in [0.3, 0.4) is 0 Å². The van der Waals surface area contributed by atoms with Gasteiger partial charge in [-0.2, -0.15) is 0 Å². The zero-order valence-electron chi connectivity index (χ0n) is 23.0. The highest BCUT2D eigenvalue weighted by molar-refractivity contribution is 7.44. The van der Waals surface area contributed by atoms with Crippen molar-refractivity contribution in [3.05, 3.63) is 60.0 Å². The number of carbonyl (C=O) groups excluding carboxylic acids is 1. The van der Waals surface area contributed by atoms with Gasteiger partial charge < -0.3 is 23.9 Å². The van der Waals surface area contributed by atoms with Crippen LogP contribution in [0.5, 0.6) is 0 Å². The molecule has 0 radical (unpaired) electrons. The zero-order valence-corrected chi connectivity index (χ0v) is 23.9. The topological polar surface area (TPSA) is 108 Å². The smallest absolute Gasteiger partial charge is 0.259 e. The summed E-state index contributed by atoms with van der Waals surface area (Å²) in [5, 5.41) is 2.85. The second-order valence-corrected chi connectivity index (χ2v) is 11.2. The molecule has 3 aromatic rings. The van der Waals surface area contributed by atoms with Crippen LogP contribution in [0, 0.1) is 6.57 Å². The van der Waals surface area contributed by atoms with Crippen LogP contribution in [0.25, 0.3) is 16.0 Å². The highest BCUT2D eigenvalue weighted by atomic mass is 31.2. The van der Waals surface area contributed by atoms with Crippen molar-refractivity contribution in [3.8, 4) is 0 Å². The maximum atomic E-state index is 12.7. The summed E-state index contributed by atoms with van der Waals surface area (Å²) in [6.07, 6.45) is 3.70. The van der Waals surface area contributed by atoms with Gasteiger partial charge in [0.15, 0.2) is 17.0 Å². The molecule has 2 aromatic heterocycles. The number of anilines is 1. The van der Waals surface area contributed by atoms with Crippen molar-refractivity contribution in [1.29, 1.82) is 0 Å². The summed E-state index contributed by atoms with van der Waals surface area (Å²) in [7, 11) is -1.39. The first-order valence-electron chi connectivity index (χ1n) is 13.2. The van der Waals surface area contributed by atoms with E-state index in [1.54, 1.807) is 18.5 Å². The summed E-state index contributed by atoms with van der Waals surface area (Å²) in [4.78, 5) is 29.4. The Labute approximate surface area is 230 Å². The number of rotatable bonds is 12. The van der Waals surface area contributed by atoms with E-state index in [0.717, 1.165) is 6.42 Å². The number of nitrogens with zero attached hydrogens (tertiary/aromatic N) is 6. The van der Waals surface area contributed by atoms with Gasteiger partial charge in [-0.1, -0.05) is 25.1 Å². The average molecular weight is 554 g/mol. The molecule has 0 spiro atoms. The lowest BCUT2D eigenvalue weighted by Crippen LogP contribution is -2.35. The van der Waals surface area contributed by atoms with E-state index in [4.69, 9.17) is 20.4 Å². The highest BCUT2D eigenvalue weighted by Gasteiger charge is 2.41. The third kappa shape index (κ3) is 6.78. The number of imidazole rings is 1. The molecule has 39 heavy (non-hydrogen) atoms. The van der Waals surface area contributed by atoms with Crippen LogP contribution in [-0.4, -0.2) is 67.5 Å². The highest BCUT2D eigenvalue weighted by Crippen LogP contribution is 2.50. The molecule has 1 aromatic carbocycles. The molecule has 1 aliphatic heterocycles. The summed E-state index contributed by atoms with van der Waals surface area (Å²) in [6, 6.07) is 9.37. The van der Waals surface area contributed by atoms with Crippen molar-refractivity contribution in [2.24, 2.45) is 0 Å². The van der Waals surface area contributed by atoms with Crippen molar-refractivity contribution < 1.29 is 18.6 Å². The van der Waals surface area contributed by atoms with Gasteiger partial charge in [-0.3, -0.25) is 9.36 Å². The first kappa shape index (κ1) is 29.0. The van der Waals surface area contributed by atoms with Crippen molar-refractivity contribution >= 4 is 31.4 Å². The van der Waals surface area contributed by atoms with Gasteiger partial charge in [0.25, 0.3) is 14.4 Å².